The standard InChI is InChI=1S/C16H14BrN3OS/c1-20-14-9-5-4-8-13(14)19-16(20)22-10-15(21)18-12-7-3-2-6-11(12)17/h2-9H,10H2,1H3,(H,18,21). The lowest BCUT2D eigenvalue weighted by Crippen LogP contribution is -2.14. The lowest BCUT2D eigenvalue weighted by Gasteiger charge is -2.07. The highest BCUT2D eigenvalue weighted by Crippen LogP contribution is 2.24. The molecular weight excluding hydrogens is 362 g/mol. The van der Waals surface area contributed by atoms with Crippen LogP contribution in [0, 0.1) is 0 Å². The molecule has 6 heteroatoms. The third kappa shape index (κ3) is 3.18. The largest absolute Gasteiger partial charge is 0.324 e. The molecule has 0 aliphatic heterocycles. The Bertz CT molecular complexity index is 831. The van der Waals surface area contributed by atoms with Crippen LogP contribution < -0.4 is 5.32 Å². The summed E-state index contributed by atoms with van der Waals surface area (Å²) in [5.41, 5.74) is 2.79. The van der Waals surface area contributed by atoms with Crippen molar-refractivity contribution in [3.8, 4) is 0 Å². The maximum Gasteiger partial charge on any atom is 0.234 e. The summed E-state index contributed by atoms with van der Waals surface area (Å²) in [4.78, 5) is 16.6. The molecule has 1 N–H and O–H groups in total. The van der Waals surface area contributed by atoms with Crippen molar-refractivity contribution >= 4 is 50.3 Å². The van der Waals surface area contributed by atoms with Crippen molar-refractivity contribution in [2.75, 3.05) is 11.1 Å². The van der Waals surface area contributed by atoms with E-state index in [-0.39, 0.29) is 5.91 Å². The first-order valence-electron chi connectivity index (χ1n) is 6.74. The molecule has 0 radical (unpaired) electrons. The molecule has 4 nitrogen and oxygen atoms in total. The van der Waals surface area contributed by atoms with Crippen molar-refractivity contribution in [3.63, 3.8) is 0 Å². The number of imidazole rings is 1. The van der Waals surface area contributed by atoms with Crippen molar-refractivity contribution in [2.24, 2.45) is 7.05 Å². The molecule has 1 aromatic heterocycles. The normalized spacial score (nSPS) is 10.8. The number of amides is 1. The van der Waals surface area contributed by atoms with Gasteiger partial charge >= 0.3 is 0 Å². The number of thioether (sulfide) groups is 1. The fourth-order valence-corrected chi connectivity index (χ4v) is 3.30. The van der Waals surface area contributed by atoms with Crippen molar-refractivity contribution in [1.29, 1.82) is 0 Å². The minimum Gasteiger partial charge on any atom is -0.324 e. The molecule has 22 heavy (non-hydrogen) atoms. The van der Waals surface area contributed by atoms with Gasteiger partial charge in [-0.25, -0.2) is 4.98 Å². The third-order valence-electron chi connectivity index (χ3n) is 3.23. The molecule has 0 spiro atoms. The van der Waals surface area contributed by atoms with E-state index in [1.54, 1.807) is 0 Å². The molecule has 0 unspecified atom stereocenters. The van der Waals surface area contributed by atoms with Gasteiger partial charge in [0.25, 0.3) is 0 Å². The number of benzene rings is 2. The summed E-state index contributed by atoms with van der Waals surface area (Å²) in [5.74, 6) is 0.266. The van der Waals surface area contributed by atoms with Gasteiger partial charge in [0, 0.05) is 11.5 Å². The van der Waals surface area contributed by atoms with Gasteiger partial charge in [0.1, 0.15) is 0 Å². The van der Waals surface area contributed by atoms with Crippen LogP contribution in [0.1, 0.15) is 0 Å². The van der Waals surface area contributed by atoms with E-state index in [1.807, 2.05) is 60.1 Å². The van der Waals surface area contributed by atoms with Crippen molar-refractivity contribution in [1.82, 2.24) is 9.55 Å². The number of carbonyl (C=O) groups excluding carboxylic acids is 1. The van der Waals surface area contributed by atoms with Crippen molar-refractivity contribution in [2.45, 2.75) is 5.16 Å². The van der Waals surface area contributed by atoms with Gasteiger partial charge in [-0.2, -0.15) is 0 Å². The number of fused-ring (bicyclic) bond motifs is 1. The number of hydrogen-bond acceptors (Lipinski definition) is 3. The first-order valence-corrected chi connectivity index (χ1v) is 8.51. The SMILES string of the molecule is Cn1c(SCC(=O)Nc2ccccc2Br)nc2ccccc21. The van der Waals surface area contributed by atoms with Crippen LogP contribution in [0.15, 0.2) is 58.2 Å². The molecule has 0 aliphatic carbocycles. The summed E-state index contributed by atoms with van der Waals surface area (Å²) in [6, 6.07) is 15.5. The van der Waals surface area contributed by atoms with Crippen LogP contribution in [0.3, 0.4) is 0 Å². The van der Waals surface area contributed by atoms with E-state index in [0.29, 0.717) is 5.75 Å². The minimum atomic E-state index is -0.0519. The quantitative estimate of drug-likeness (QED) is 0.699. The highest BCUT2D eigenvalue weighted by Gasteiger charge is 2.11. The van der Waals surface area contributed by atoms with Crippen LogP contribution in [-0.4, -0.2) is 21.2 Å². The zero-order valence-corrected chi connectivity index (χ0v) is 14.3. The van der Waals surface area contributed by atoms with Crippen molar-refractivity contribution in [3.05, 3.63) is 53.0 Å². The number of carbonyl (C=O) groups is 1. The molecule has 3 rings (SSSR count). The summed E-state index contributed by atoms with van der Waals surface area (Å²) in [6.07, 6.45) is 0. The zero-order chi connectivity index (χ0) is 15.5. The Balaban J connectivity index is 1.68. The van der Waals surface area contributed by atoms with Crippen LogP contribution in [0.4, 0.5) is 5.69 Å². The fraction of sp³-hybridized carbons (Fsp3) is 0.125. The molecule has 0 saturated carbocycles. The maximum absolute atomic E-state index is 12.1. The van der Waals surface area contributed by atoms with E-state index in [1.165, 1.54) is 11.8 Å². The number of aryl methyl sites for hydroxylation is 1. The Morgan fingerprint density at radius 1 is 1.23 bits per heavy atom. The average molecular weight is 376 g/mol. The summed E-state index contributed by atoms with van der Waals surface area (Å²) in [5, 5.41) is 3.73. The number of nitrogens with zero attached hydrogens (tertiary/aromatic N) is 2. The van der Waals surface area contributed by atoms with E-state index in [2.05, 4.69) is 26.2 Å². The molecule has 1 heterocycles. The van der Waals surface area contributed by atoms with Gasteiger partial charge < -0.3 is 9.88 Å². The van der Waals surface area contributed by atoms with Gasteiger partial charge in [0.15, 0.2) is 5.16 Å². The molecule has 112 valence electrons. The first-order chi connectivity index (χ1) is 10.6. The van der Waals surface area contributed by atoms with Crippen LogP contribution in [0.5, 0.6) is 0 Å². The predicted octanol–water partition coefficient (Wildman–Crippen LogP) is 4.07. The average Bonchev–Trinajstić information content (AvgIpc) is 2.84. The highest BCUT2D eigenvalue weighted by molar-refractivity contribution is 9.10. The Labute approximate surface area is 141 Å². The van der Waals surface area contributed by atoms with Crippen LogP contribution in [-0.2, 0) is 11.8 Å². The Morgan fingerprint density at radius 3 is 2.73 bits per heavy atom. The third-order valence-corrected chi connectivity index (χ3v) is 4.95. The lowest BCUT2D eigenvalue weighted by atomic mass is 10.3. The zero-order valence-electron chi connectivity index (χ0n) is 11.9. The molecule has 3 aromatic rings. The number of hydrogen-bond donors (Lipinski definition) is 1. The molecule has 0 fully saturated rings. The summed E-state index contributed by atoms with van der Waals surface area (Å²) in [6.45, 7) is 0. The predicted molar refractivity (Wildman–Crippen MR) is 94.2 cm³/mol. The van der Waals surface area contributed by atoms with Crippen LogP contribution in [0.2, 0.25) is 0 Å². The molecule has 0 saturated heterocycles. The van der Waals surface area contributed by atoms with Gasteiger partial charge in [0.05, 0.1) is 22.5 Å². The molecule has 0 atom stereocenters. The van der Waals surface area contributed by atoms with Crippen molar-refractivity contribution < 1.29 is 4.79 Å². The monoisotopic (exact) mass is 375 g/mol. The number of rotatable bonds is 4. The molecule has 1 amide bonds. The number of aromatic nitrogens is 2. The van der Waals surface area contributed by atoms with E-state index in [4.69, 9.17) is 0 Å². The second-order valence-electron chi connectivity index (χ2n) is 4.76. The fourth-order valence-electron chi connectivity index (χ4n) is 2.13. The van der Waals surface area contributed by atoms with E-state index in [0.717, 1.165) is 26.3 Å². The second kappa shape index (κ2) is 6.54. The minimum absolute atomic E-state index is 0.0519. The van der Waals surface area contributed by atoms with Gasteiger partial charge in [-0.1, -0.05) is 36.0 Å². The van der Waals surface area contributed by atoms with Gasteiger partial charge in [-0.15, -0.1) is 0 Å². The second-order valence-corrected chi connectivity index (χ2v) is 6.56. The van der Waals surface area contributed by atoms with E-state index in [9.17, 15) is 4.79 Å². The number of anilines is 1. The maximum atomic E-state index is 12.1. The number of para-hydroxylation sites is 3. The number of nitrogens with one attached hydrogen (secondary N) is 1. The topological polar surface area (TPSA) is 46.9 Å². The summed E-state index contributed by atoms with van der Waals surface area (Å²) >= 11 is 4.85. The van der Waals surface area contributed by atoms with E-state index < -0.39 is 0 Å². The summed E-state index contributed by atoms with van der Waals surface area (Å²) in [7, 11) is 1.96. The molecule has 0 bridgehead atoms. The number of halogens is 1. The van der Waals surface area contributed by atoms with Gasteiger partial charge in [0.2, 0.25) is 5.91 Å². The van der Waals surface area contributed by atoms with Crippen LogP contribution in [0.25, 0.3) is 11.0 Å². The first kappa shape index (κ1) is 15.1. The van der Waals surface area contributed by atoms with Crippen LogP contribution >= 0.6 is 27.7 Å². The molecule has 2 aromatic carbocycles. The smallest absolute Gasteiger partial charge is 0.234 e. The molecule has 0 aliphatic rings. The Morgan fingerprint density at radius 2 is 1.95 bits per heavy atom. The van der Waals surface area contributed by atoms with Gasteiger partial charge in [-0.05, 0) is 40.2 Å². The Kier molecular flexibility index (Phi) is 4.49. The van der Waals surface area contributed by atoms with E-state index >= 15 is 0 Å². The lowest BCUT2D eigenvalue weighted by molar-refractivity contribution is -0.113. The summed E-state index contributed by atoms with van der Waals surface area (Å²) < 4.78 is 2.88. The van der Waals surface area contributed by atoms with Gasteiger partial charge in [-0.3, -0.25) is 4.79 Å². The molecular formula is C16H14BrN3OS. The Hall–Kier alpha value is -1.79. The highest BCUT2D eigenvalue weighted by atomic mass is 79.9.